The number of hydrogen-bond donors (Lipinski definition) is 1. The van der Waals surface area contributed by atoms with Gasteiger partial charge in [-0.05, 0) is 12.1 Å². The van der Waals surface area contributed by atoms with E-state index >= 15 is 0 Å². The molecule has 18 heavy (non-hydrogen) atoms. The van der Waals surface area contributed by atoms with Gasteiger partial charge in [-0.3, -0.25) is 0 Å². The van der Waals surface area contributed by atoms with E-state index in [1.54, 1.807) is 23.5 Å². The highest BCUT2D eigenvalue weighted by Crippen LogP contribution is 2.25. The average molecular weight is 264 g/mol. The van der Waals surface area contributed by atoms with Crippen LogP contribution in [-0.4, -0.2) is 4.98 Å². The molecule has 1 aromatic heterocycles. The maximum Gasteiger partial charge on any atom is 0.146 e. The highest BCUT2D eigenvalue weighted by atomic mass is 32.1. The normalized spacial score (nSPS) is 11.6. The zero-order valence-electron chi connectivity index (χ0n) is 10.8. The Morgan fingerprint density at radius 3 is 2.61 bits per heavy atom. The number of nitrogens with zero attached hydrogens (tertiary/aromatic N) is 1. The number of benzene rings is 1. The number of halogens is 1. The van der Waals surface area contributed by atoms with Crippen LogP contribution in [0.1, 0.15) is 31.5 Å². The largest absolute Gasteiger partial charge is 0.377 e. The Hall–Kier alpha value is -1.42. The molecule has 0 atom stereocenters. The molecule has 2 aromatic rings. The van der Waals surface area contributed by atoms with Crippen molar-refractivity contribution < 1.29 is 4.39 Å². The van der Waals surface area contributed by atoms with Gasteiger partial charge >= 0.3 is 0 Å². The predicted molar refractivity (Wildman–Crippen MR) is 74.5 cm³/mol. The minimum atomic E-state index is -0.233. The summed E-state index contributed by atoms with van der Waals surface area (Å²) in [7, 11) is 0. The monoisotopic (exact) mass is 264 g/mol. The van der Waals surface area contributed by atoms with Crippen LogP contribution in [0.25, 0.3) is 0 Å². The maximum absolute atomic E-state index is 13.4. The Kier molecular flexibility index (Phi) is 3.66. The van der Waals surface area contributed by atoms with Crippen LogP contribution >= 0.6 is 11.3 Å². The van der Waals surface area contributed by atoms with E-state index in [-0.39, 0.29) is 11.2 Å². The fourth-order valence-electron chi connectivity index (χ4n) is 1.52. The van der Waals surface area contributed by atoms with Gasteiger partial charge in [-0.25, -0.2) is 9.37 Å². The van der Waals surface area contributed by atoms with E-state index in [9.17, 15) is 4.39 Å². The van der Waals surface area contributed by atoms with Crippen molar-refractivity contribution in [2.24, 2.45) is 0 Å². The van der Waals surface area contributed by atoms with E-state index in [0.717, 1.165) is 10.7 Å². The number of aromatic nitrogens is 1. The highest BCUT2D eigenvalue weighted by Gasteiger charge is 2.17. The zero-order valence-corrected chi connectivity index (χ0v) is 11.6. The quantitative estimate of drug-likeness (QED) is 0.899. The molecule has 4 heteroatoms. The van der Waals surface area contributed by atoms with E-state index in [1.165, 1.54) is 6.07 Å². The number of hydrogen-bond acceptors (Lipinski definition) is 3. The van der Waals surface area contributed by atoms with Crippen molar-refractivity contribution in [2.75, 3.05) is 5.32 Å². The van der Waals surface area contributed by atoms with Gasteiger partial charge in [0.05, 0.1) is 22.9 Å². The lowest BCUT2D eigenvalue weighted by Gasteiger charge is -2.13. The molecule has 0 radical (unpaired) electrons. The minimum Gasteiger partial charge on any atom is -0.377 e. The molecule has 0 bridgehead atoms. The van der Waals surface area contributed by atoms with Crippen molar-refractivity contribution in [1.82, 2.24) is 4.98 Å². The van der Waals surface area contributed by atoms with E-state index < -0.39 is 0 Å². The fourth-order valence-corrected chi connectivity index (χ4v) is 2.43. The molecule has 0 fully saturated rings. The molecule has 0 saturated heterocycles. The van der Waals surface area contributed by atoms with Crippen LogP contribution in [-0.2, 0) is 12.0 Å². The third-order valence-electron chi connectivity index (χ3n) is 2.53. The SMILES string of the molecule is CC(C)(C)c1nc(CNc2ccccc2F)cs1. The number of nitrogens with one attached hydrogen (secondary N) is 1. The van der Waals surface area contributed by atoms with Crippen LogP contribution < -0.4 is 5.32 Å². The molecule has 96 valence electrons. The van der Waals surface area contributed by atoms with Crippen molar-refractivity contribution in [3.63, 3.8) is 0 Å². The second-order valence-electron chi connectivity index (χ2n) is 5.23. The Morgan fingerprint density at radius 2 is 2.00 bits per heavy atom. The molecule has 0 aliphatic carbocycles. The molecule has 0 aliphatic heterocycles. The van der Waals surface area contributed by atoms with Gasteiger partial charge < -0.3 is 5.32 Å². The third-order valence-corrected chi connectivity index (χ3v) is 3.84. The van der Waals surface area contributed by atoms with E-state index in [2.05, 4.69) is 31.1 Å². The predicted octanol–water partition coefficient (Wildman–Crippen LogP) is 4.19. The molecule has 0 unspecified atom stereocenters. The Bertz CT molecular complexity index is 529. The molecule has 2 nitrogen and oxygen atoms in total. The summed E-state index contributed by atoms with van der Waals surface area (Å²) >= 11 is 1.65. The molecule has 0 saturated carbocycles. The number of rotatable bonds is 3. The van der Waals surface area contributed by atoms with Crippen LogP contribution in [0.15, 0.2) is 29.6 Å². The van der Waals surface area contributed by atoms with Crippen LogP contribution in [0.3, 0.4) is 0 Å². The first kappa shape index (κ1) is 13.0. The summed E-state index contributed by atoms with van der Waals surface area (Å²) in [5.41, 5.74) is 1.54. The van der Waals surface area contributed by atoms with Gasteiger partial charge in [0.25, 0.3) is 0 Å². The van der Waals surface area contributed by atoms with Crippen LogP contribution in [0, 0.1) is 5.82 Å². The second kappa shape index (κ2) is 5.06. The number of anilines is 1. The van der Waals surface area contributed by atoms with E-state index in [4.69, 9.17) is 0 Å². The Balaban J connectivity index is 2.03. The molecule has 0 spiro atoms. The summed E-state index contributed by atoms with van der Waals surface area (Å²) in [5, 5.41) is 6.19. The molecular formula is C14H17FN2S. The van der Waals surface area contributed by atoms with Gasteiger partial charge in [0.15, 0.2) is 0 Å². The van der Waals surface area contributed by atoms with Crippen molar-refractivity contribution in [1.29, 1.82) is 0 Å². The molecule has 0 aliphatic rings. The van der Waals surface area contributed by atoms with Gasteiger partial charge in [-0.15, -0.1) is 11.3 Å². The van der Waals surface area contributed by atoms with Crippen molar-refractivity contribution in [3.8, 4) is 0 Å². The number of para-hydroxylation sites is 1. The van der Waals surface area contributed by atoms with Gasteiger partial charge in [-0.2, -0.15) is 0 Å². The van der Waals surface area contributed by atoms with Gasteiger partial charge in [0.2, 0.25) is 0 Å². The maximum atomic E-state index is 13.4. The Morgan fingerprint density at radius 1 is 1.28 bits per heavy atom. The highest BCUT2D eigenvalue weighted by molar-refractivity contribution is 7.09. The van der Waals surface area contributed by atoms with E-state index in [1.807, 2.05) is 11.4 Å². The van der Waals surface area contributed by atoms with Gasteiger partial charge in [0.1, 0.15) is 5.82 Å². The smallest absolute Gasteiger partial charge is 0.146 e. The molecule has 1 N–H and O–H groups in total. The molecule has 0 amide bonds. The van der Waals surface area contributed by atoms with Crippen LogP contribution in [0.2, 0.25) is 0 Å². The fraction of sp³-hybridized carbons (Fsp3) is 0.357. The standard InChI is InChI=1S/C14H17FN2S/c1-14(2,3)13-17-10(9-18-13)8-16-12-7-5-4-6-11(12)15/h4-7,9,16H,8H2,1-3H3. The lowest BCUT2D eigenvalue weighted by Crippen LogP contribution is -2.11. The summed E-state index contributed by atoms with van der Waals surface area (Å²) < 4.78 is 13.4. The van der Waals surface area contributed by atoms with Gasteiger partial charge in [0, 0.05) is 10.8 Å². The molecule has 1 aromatic carbocycles. The van der Waals surface area contributed by atoms with Crippen molar-refractivity contribution in [2.45, 2.75) is 32.7 Å². The molecule has 2 rings (SSSR count). The summed E-state index contributed by atoms with van der Waals surface area (Å²) in [5.74, 6) is -0.233. The topological polar surface area (TPSA) is 24.9 Å². The van der Waals surface area contributed by atoms with E-state index in [0.29, 0.717) is 12.2 Å². The lowest BCUT2D eigenvalue weighted by atomic mass is 9.98. The van der Waals surface area contributed by atoms with Gasteiger partial charge in [-0.1, -0.05) is 32.9 Å². The summed E-state index contributed by atoms with van der Waals surface area (Å²) in [4.78, 5) is 4.56. The summed E-state index contributed by atoms with van der Waals surface area (Å²) in [6.45, 7) is 6.97. The number of thiazole rings is 1. The van der Waals surface area contributed by atoms with Crippen molar-refractivity contribution >= 4 is 17.0 Å². The zero-order chi connectivity index (χ0) is 13.2. The van der Waals surface area contributed by atoms with Crippen molar-refractivity contribution in [3.05, 3.63) is 46.2 Å². The minimum absolute atomic E-state index is 0.0704. The first-order chi connectivity index (χ1) is 8.47. The summed E-state index contributed by atoms with van der Waals surface area (Å²) in [6, 6.07) is 6.67. The lowest BCUT2D eigenvalue weighted by molar-refractivity contribution is 0.583. The second-order valence-corrected chi connectivity index (χ2v) is 6.09. The first-order valence-electron chi connectivity index (χ1n) is 5.90. The molecular weight excluding hydrogens is 247 g/mol. The molecule has 1 heterocycles. The van der Waals surface area contributed by atoms with Crippen LogP contribution in [0.4, 0.5) is 10.1 Å². The Labute approximate surface area is 111 Å². The average Bonchev–Trinajstić information content (AvgIpc) is 2.76. The third kappa shape index (κ3) is 3.07. The van der Waals surface area contributed by atoms with Crippen LogP contribution in [0.5, 0.6) is 0 Å². The first-order valence-corrected chi connectivity index (χ1v) is 6.78. The summed E-state index contributed by atoms with van der Waals surface area (Å²) in [6.07, 6.45) is 0.